The Balaban J connectivity index is 1.85. The van der Waals surface area contributed by atoms with Crippen molar-refractivity contribution in [3.63, 3.8) is 0 Å². The number of amidine groups is 1. The first-order valence-electron chi connectivity index (χ1n) is 8.91. The highest BCUT2D eigenvalue weighted by molar-refractivity contribution is 8.13. The summed E-state index contributed by atoms with van der Waals surface area (Å²) in [5, 5.41) is 13.0. The molecule has 0 spiro atoms. The Morgan fingerprint density at radius 1 is 1.08 bits per heavy atom. The van der Waals surface area contributed by atoms with Crippen molar-refractivity contribution in [2.24, 2.45) is 0 Å². The Morgan fingerprint density at radius 3 is 2.64 bits per heavy atom. The van der Waals surface area contributed by atoms with Gasteiger partial charge in [0.25, 0.3) is 5.72 Å². The van der Waals surface area contributed by atoms with Crippen LogP contribution in [-0.2, 0) is 5.72 Å². The van der Waals surface area contributed by atoms with E-state index < -0.39 is 5.72 Å². The van der Waals surface area contributed by atoms with E-state index in [1.54, 1.807) is 0 Å². The van der Waals surface area contributed by atoms with Gasteiger partial charge in [-0.25, -0.2) is 9.48 Å². The Hall–Kier alpha value is -1.78. The molecule has 2 aromatic rings. The number of β-amino-alcohol motifs (C(OH)–C–C–N with tert-alkyl or cyclic N) is 1. The van der Waals surface area contributed by atoms with Crippen molar-refractivity contribution in [3.8, 4) is 0 Å². The Morgan fingerprint density at radius 2 is 1.88 bits per heavy atom. The van der Waals surface area contributed by atoms with E-state index in [0.29, 0.717) is 6.54 Å². The second-order valence-electron chi connectivity index (χ2n) is 7.14. The van der Waals surface area contributed by atoms with Crippen LogP contribution in [0.5, 0.6) is 0 Å². The second-order valence-corrected chi connectivity index (χ2v) is 8.21. The molecule has 2 heterocycles. The van der Waals surface area contributed by atoms with E-state index in [9.17, 15) is 5.11 Å². The number of aliphatic hydroxyl groups is 1. The van der Waals surface area contributed by atoms with E-state index in [1.165, 1.54) is 22.0 Å². The second kappa shape index (κ2) is 6.19. The summed E-state index contributed by atoms with van der Waals surface area (Å²) >= 11 is 1.86. The van der Waals surface area contributed by atoms with Crippen LogP contribution < -0.4 is 4.90 Å². The molecule has 1 atom stereocenters. The van der Waals surface area contributed by atoms with Crippen LogP contribution in [0.25, 0.3) is 0 Å². The number of rotatable bonds is 2. The first-order chi connectivity index (χ1) is 12.0. The molecule has 2 aliphatic rings. The van der Waals surface area contributed by atoms with Gasteiger partial charge in [-0.15, -0.1) is 0 Å². The highest BCUT2D eigenvalue weighted by Gasteiger charge is 2.53. The molecule has 2 aromatic carbocycles. The molecule has 0 amide bonds. The fourth-order valence-electron chi connectivity index (χ4n) is 4.05. The maximum absolute atomic E-state index is 11.8. The van der Waals surface area contributed by atoms with Crippen molar-refractivity contribution in [2.45, 2.75) is 32.9 Å². The van der Waals surface area contributed by atoms with Crippen molar-refractivity contribution >= 4 is 22.6 Å². The van der Waals surface area contributed by atoms with Gasteiger partial charge in [0.15, 0.2) is 6.54 Å². The van der Waals surface area contributed by atoms with E-state index >= 15 is 0 Å². The van der Waals surface area contributed by atoms with Crippen LogP contribution in [-0.4, -0.2) is 33.7 Å². The summed E-state index contributed by atoms with van der Waals surface area (Å²) in [6, 6.07) is 14.8. The Bertz CT molecular complexity index is 861. The highest BCUT2D eigenvalue weighted by Crippen LogP contribution is 2.39. The smallest absolute Gasteiger partial charge is 0.316 e. The minimum Gasteiger partial charge on any atom is -0.346 e. The Labute approximate surface area is 154 Å². The van der Waals surface area contributed by atoms with Crippen LogP contribution in [0.4, 0.5) is 5.69 Å². The van der Waals surface area contributed by atoms with Gasteiger partial charge in [-0.3, -0.25) is 0 Å². The van der Waals surface area contributed by atoms with Gasteiger partial charge >= 0.3 is 5.17 Å². The van der Waals surface area contributed by atoms with Crippen LogP contribution in [0.1, 0.15) is 28.7 Å². The summed E-state index contributed by atoms with van der Waals surface area (Å²) in [6.07, 6.45) is 1.10. The van der Waals surface area contributed by atoms with E-state index in [0.717, 1.165) is 29.8 Å². The molecule has 25 heavy (non-hydrogen) atoms. The molecular weight excluding hydrogens is 328 g/mol. The van der Waals surface area contributed by atoms with Crippen molar-refractivity contribution in [2.75, 3.05) is 23.7 Å². The first kappa shape index (κ1) is 16.7. The zero-order valence-electron chi connectivity index (χ0n) is 15.1. The first-order valence-corrected chi connectivity index (χ1v) is 9.90. The minimum absolute atomic E-state index is 0.573. The molecule has 4 rings (SSSR count). The number of thioether (sulfide) groups is 1. The molecule has 2 aliphatic heterocycles. The lowest BCUT2D eigenvalue weighted by atomic mass is 9.95. The quantitative estimate of drug-likeness (QED) is 0.832. The molecule has 0 aliphatic carbocycles. The van der Waals surface area contributed by atoms with E-state index in [-0.39, 0.29) is 0 Å². The van der Waals surface area contributed by atoms with Crippen molar-refractivity contribution in [1.29, 1.82) is 0 Å². The molecule has 0 fully saturated rings. The fourth-order valence-corrected chi connectivity index (χ4v) is 5.22. The minimum atomic E-state index is -0.969. The highest BCUT2D eigenvalue weighted by atomic mass is 32.2. The standard InChI is InChI=1S/C21H25N2OS/c1-15-9-10-18(17(3)13-15)21(24)14-22(19-8-5-4-7-16(19)2)20-23(21)11-6-12-25-20/h4-5,7-10,13,24H,6,11-12,14H2,1-3H3/q+1/t21-/m0/s1. The molecule has 130 valence electrons. The van der Waals surface area contributed by atoms with E-state index in [1.807, 2.05) is 11.8 Å². The summed E-state index contributed by atoms with van der Waals surface area (Å²) in [7, 11) is 0. The molecule has 1 N–H and O–H groups in total. The average molecular weight is 354 g/mol. The van der Waals surface area contributed by atoms with Crippen LogP contribution in [0.2, 0.25) is 0 Å². The van der Waals surface area contributed by atoms with Gasteiger partial charge < -0.3 is 5.11 Å². The number of anilines is 1. The van der Waals surface area contributed by atoms with Crippen LogP contribution in [0, 0.1) is 20.8 Å². The number of para-hydroxylation sites is 1. The lowest BCUT2D eigenvalue weighted by Crippen LogP contribution is -2.42. The number of hydrogen-bond donors (Lipinski definition) is 1. The molecule has 0 radical (unpaired) electrons. The number of hydrogen-bond acceptors (Lipinski definition) is 3. The van der Waals surface area contributed by atoms with Gasteiger partial charge in [-0.05, 0) is 56.1 Å². The lowest BCUT2D eigenvalue weighted by Gasteiger charge is -2.26. The van der Waals surface area contributed by atoms with Crippen LogP contribution in [0.3, 0.4) is 0 Å². The third-order valence-corrected chi connectivity index (χ3v) is 6.46. The molecule has 0 saturated heterocycles. The molecule has 0 bridgehead atoms. The molecule has 0 aromatic heterocycles. The summed E-state index contributed by atoms with van der Waals surface area (Å²) in [5.74, 6) is 1.11. The zero-order valence-corrected chi connectivity index (χ0v) is 15.9. The third-order valence-electron chi connectivity index (χ3n) is 5.26. The SMILES string of the molecule is Cc1ccc([C@@]2(O)CN(c3ccccc3C)C3=[N+]2CCCS3)c(C)c1. The van der Waals surface area contributed by atoms with Gasteiger partial charge in [0.1, 0.15) is 5.69 Å². The predicted octanol–water partition coefficient (Wildman–Crippen LogP) is 3.78. The molecule has 0 saturated carbocycles. The summed E-state index contributed by atoms with van der Waals surface area (Å²) < 4.78 is 2.21. The van der Waals surface area contributed by atoms with Crippen molar-refractivity contribution in [1.82, 2.24) is 0 Å². The number of benzene rings is 2. The molecular formula is C21H25N2OS+. The largest absolute Gasteiger partial charge is 0.346 e. The fraction of sp³-hybridized carbons (Fsp3) is 0.381. The lowest BCUT2D eigenvalue weighted by molar-refractivity contribution is -0.656. The Kier molecular flexibility index (Phi) is 4.13. The third kappa shape index (κ3) is 2.68. The van der Waals surface area contributed by atoms with Gasteiger partial charge in [-0.2, -0.15) is 0 Å². The number of nitrogens with zero attached hydrogens (tertiary/aromatic N) is 2. The topological polar surface area (TPSA) is 26.5 Å². The zero-order chi connectivity index (χ0) is 17.6. The molecule has 3 nitrogen and oxygen atoms in total. The van der Waals surface area contributed by atoms with Crippen molar-refractivity contribution in [3.05, 3.63) is 64.7 Å². The maximum Gasteiger partial charge on any atom is 0.316 e. The average Bonchev–Trinajstić information content (AvgIpc) is 2.89. The molecule has 4 heteroatoms. The summed E-state index contributed by atoms with van der Waals surface area (Å²) in [6.45, 7) is 7.82. The number of aryl methyl sites for hydroxylation is 3. The van der Waals surface area contributed by atoms with Gasteiger partial charge in [0, 0.05) is 11.3 Å². The maximum atomic E-state index is 11.8. The van der Waals surface area contributed by atoms with Crippen LogP contribution in [0.15, 0.2) is 42.5 Å². The summed E-state index contributed by atoms with van der Waals surface area (Å²) in [5.41, 5.74) is 4.88. The van der Waals surface area contributed by atoms with Gasteiger partial charge in [-0.1, -0.05) is 42.0 Å². The van der Waals surface area contributed by atoms with E-state index in [2.05, 4.69) is 72.7 Å². The van der Waals surface area contributed by atoms with Crippen LogP contribution >= 0.6 is 11.8 Å². The summed E-state index contributed by atoms with van der Waals surface area (Å²) in [4.78, 5) is 2.30. The normalized spacial score (nSPS) is 23.1. The van der Waals surface area contributed by atoms with Crippen molar-refractivity contribution < 1.29 is 9.68 Å². The molecule has 0 unspecified atom stereocenters. The monoisotopic (exact) mass is 353 g/mol. The van der Waals surface area contributed by atoms with E-state index in [4.69, 9.17) is 0 Å². The predicted molar refractivity (Wildman–Crippen MR) is 106 cm³/mol. The van der Waals surface area contributed by atoms with Gasteiger partial charge in [0.2, 0.25) is 0 Å². The van der Waals surface area contributed by atoms with Gasteiger partial charge in [0.05, 0.1) is 6.54 Å².